The highest BCUT2D eigenvalue weighted by molar-refractivity contribution is 9.10. The van der Waals surface area contributed by atoms with E-state index in [-0.39, 0.29) is 0 Å². The van der Waals surface area contributed by atoms with Crippen LogP contribution in [-0.4, -0.2) is 27.5 Å². The molecule has 17 heavy (non-hydrogen) atoms. The van der Waals surface area contributed by atoms with E-state index < -0.39 is 0 Å². The van der Waals surface area contributed by atoms with Crippen molar-refractivity contribution in [3.8, 4) is 0 Å². The molecule has 0 fully saturated rings. The van der Waals surface area contributed by atoms with Gasteiger partial charge in [0, 0.05) is 23.8 Å². The van der Waals surface area contributed by atoms with Crippen molar-refractivity contribution in [3.05, 3.63) is 16.5 Å². The molecule has 1 N–H and O–H groups in total. The first-order valence-electron chi connectivity index (χ1n) is 5.91. The average Bonchev–Trinajstić information content (AvgIpc) is 2.25. The predicted octanol–water partition coefficient (Wildman–Crippen LogP) is 3.92. The lowest BCUT2D eigenvalue weighted by molar-refractivity contribution is 0.765. The van der Waals surface area contributed by atoms with Crippen molar-refractivity contribution in [1.29, 1.82) is 0 Å². The van der Waals surface area contributed by atoms with Gasteiger partial charge in [-0.15, -0.1) is 0 Å². The standard InChI is InChI=1S/C12H20BrN3S/c1-5-17-7-9(4)14-11-6-10(13)15-12(16-11)8(2)3/h6,8-9H,5,7H2,1-4H3,(H,14,15,16). The van der Waals surface area contributed by atoms with Gasteiger partial charge in [0.25, 0.3) is 0 Å². The fraction of sp³-hybridized carbons (Fsp3) is 0.667. The third kappa shape index (κ3) is 5.25. The lowest BCUT2D eigenvalue weighted by Crippen LogP contribution is -2.19. The third-order valence-electron chi connectivity index (χ3n) is 2.19. The number of nitrogens with one attached hydrogen (secondary N) is 1. The molecule has 0 saturated carbocycles. The van der Waals surface area contributed by atoms with Gasteiger partial charge in [-0.1, -0.05) is 20.8 Å². The lowest BCUT2D eigenvalue weighted by atomic mass is 10.2. The van der Waals surface area contributed by atoms with Gasteiger partial charge < -0.3 is 5.32 Å². The van der Waals surface area contributed by atoms with Crippen LogP contribution in [0.1, 0.15) is 39.4 Å². The van der Waals surface area contributed by atoms with E-state index in [4.69, 9.17) is 0 Å². The molecular weight excluding hydrogens is 298 g/mol. The molecule has 1 aromatic heterocycles. The highest BCUT2D eigenvalue weighted by Gasteiger charge is 2.08. The van der Waals surface area contributed by atoms with E-state index in [2.05, 4.69) is 58.9 Å². The second-order valence-electron chi connectivity index (χ2n) is 4.29. The maximum absolute atomic E-state index is 4.52. The molecule has 0 aromatic carbocycles. The summed E-state index contributed by atoms with van der Waals surface area (Å²) in [5, 5.41) is 3.41. The van der Waals surface area contributed by atoms with Gasteiger partial charge in [0.2, 0.25) is 0 Å². The van der Waals surface area contributed by atoms with Crippen molar-refractivity contribution < 1.29 is 0 Å². The zero-order valence-corrected chi connectivity index (χ0v) is 13.2. The summed E-state index contributed by atoms with van der Waals surface area (Å²) in [6, 6.07) is 2.35. The molecule has 0 saturated heterocycles. The monoisotopic (exact) mass is 317 g/mol. The molecule has 0 aliphatic rings. The Morgan fingerprint density at radius 3 is 2.65 bits per heavy atom. The summed E-state index contributed by atoms with van der Waals surface area (Å²) in [6.07, 6.45) is 0. The molecule has 0 amide bonds. The Kier molecular flexibility index (Phi) is 6.27. The molecule has 1 atom stereocenters. The van der Waals surface area contributed by atoms with Crippen LogP contribution in [0.2, 0.25) is 0 Å². The first-order valence-corrected chi connectivity index (χ1v) is 7.86. The fourth-order valence-corrected chi connectivity index (χ4v) is 2.43. The smallest absolute Gasteiger partial charge is 0.134 e. The van der Waals surface area contributed by atoms with Crippen LogP contribution in [0.25, 0.3) is 0 Å². The highest BCUT2D eigenvalue weighted by Crippen LogP contribution is 2.18. The van der Waals surface area contributed by atoms with Crippen molar-refractivity contribution in [1.82, 2.24) is 9.97 Å². The number of hydrogen-bond acceptors (Lipinski definition) is 4. The molecule has 1 unspecified atom stereocenters. The van der Waals surface area contributed by atoms with Crippen LogP contribution >= 0.6 is 27.7 Å². The summed E-state index contributed by atoms with van der Waals surface area (Å²) in [7, 11) is 0. The first kappa shape index (κ1) is 14.8. The second-order valence-corrected chi connectivity index (χ2v) is 6.43. The molecule has 1 rings (SSSR count). The molecule has 0 aliphatic carbocycles. The topological polar surface area (TPSA) is 37.8 Å². The minimum Gasteiger partial charge on any atom is -0.367 e. The molecular formula is C12H20BrN3S. The third-order valence-corrected chi connectivity index (χ3v) is 3.75. The minimum atomic E-state index is 0.341. The molecule has 1 heterocycles. The predicted molar refractivity (Wildman–Crippen MR) is 79.9 cm³/mol. The van der Waals surface area contributed by atoms with Gasteiger partial charge in [0.05, 0.1) is 0 Å². The Morgan fingerprint density at radius 1 is 1.35 bits per heavy atom. The molecule has 1 aromatic rings. The van der Waals surface area contributed by atoms with E-state index in [0.29, 0.717) is 12.0 Å². The summed E-state index contributed by atoms with van der Waals surface area (Å²) in [5.74, 6) is 4.36. The van der Waals surface area contributed by atoms with Crippen molar-refractivity contribution in [2.45, 2.75) is 39.7 Å². The van der Waals surface area contributed by atoms with Crippen LogP contribution in [0.4, 0.5) is 5.82 Å². The van der Waals surface area contributed by atoms with Crippen LogP contribution in [0, 0.1) is 0 Å². The molecule has 3 nitrogen and oxygen atoms in total. The molecule has 5 heteroatoms. The van der Waals surface area contributed by atoms with E-state index >= 15 is 0 Å². The summed E-state index contributed by atoms with van der Waals surface area (Å²) in [4.78, 5) is 8.88. The summed E-state index contributed by atoms with van der Waals surface area (Å²) >= 11 is 5.36. The quantitative estimate of drug-likeness (QED) is 0.807. The Hall–Kier alpha value is -0.290. The number of aromatic nitrogens is 2. The maximum atomic E-state index is 4.52. The molecule has 0 bridgehead atoms. The average molecular weight is 318 g/mol. The Bertz CT molecular complexity index is 358. The van der Waals surface area contributed by atoms with E-state index in [9.17, 15) is 0 Å². The number of halogens is 1. The van der Waals surface area contributed by atoms with Crippen molar-refractivity contribution in [2.75, 3.05) is 16.8 Å². The Labute approximate surface area is 116 Å². The van der Waals surface area contributed by atoms with Gasteiger partial charge in [0.1, 0.15) is 16.2 Å². The summed E-state index contributed by atoms with van der Waals surface area (Å²) in [5.41, 5.74) is 0. The molecule has 0 radical (unpaired) electrons. The maximum Gasteiger partial charge on any atom is 0.134 e. The van der Waals surface area contributed by atoms with Crippen LogP contribution < -0.4 is 5.32 Å². The van der Waals surface area contributed by atoms with E-state index in [0.717, 1.165) is 27.8 Å². The normalized spacial score (nSPS) is 12.8. The SMILES string of the molecule is CCSCC(C)Nc1cc(Br)nc(C(C)C)n1. The fourth-order valence-electron chi connectivity index (χ4n) is 1.36. The van der Waals surface area contributed by atoms with E-state index in [1.165, 1.54) is 0 Å². The van der Waals surface area contributed by atoms with Gasteiger partial charge in [-0.3, -0.25) is 0 Å². The van der Waals surface area contributed by atoms with Crippen LogP contribution in [0.5, 0.6) is 0 Å². The van der Waals surface area contributed by atoms with Gasteiger partial charge in [-0.2, -0.15) is 11.8 Å². The second kappa shape index (κ2) is 7.21. The minimum absolute atomic E-state index is 0.341. The van der Waals surface area contributed by atoms with Gasteiger partial charge in [-0.05, 0) is 28.6 Å². The van der Waals surface area contributed by atoms with Gasteiger partial charge in [-0.25, -0.2) is 9.97 Å². The van der Waals surface area contributed by atoms with E-state index in [1.54, 1.807) is 0 Å². The number of rotatable bonds is 6. The number of hydrogen-bond donors (Lipinski definition) is 1. The van der Waals surface area contributed by atoms with E-state index in [1.807, 2.05) is 17.8 Å². The Balaban J connectivity index is 2.70. The molecule has 0 spiro atoms. The first-order chi connectivity index (χ1) is 8.02. The molecule has 0 aliphatic heterocycles. The lowest BCUT2D eigenvalue weighted by Gasteiger charge is -2.15. The van der Waals surface area contributed by atoms with Crippen LogP contribution in [0.15, 0.2) is 10.7 Å². The van der Waals surface area contributed by atoms with Crippen molar-refractivity contribution in [2.24, 2.45) is 0 Å². The number of nitrogens with zero attached hydrogens (tertiary/aromatic N) is 2. The summed E-state index contributed by atoms with van der Waals surface area (Å²) in [6.45, 7) is 8.55. The van der Waals surface area contributed by atoms with Crippen LogP contribution in [0.3, 0.4) is 0 Å². The number of thioether (sulfide) groups is 1. The van der Waals surface area contributed by atoms with Crippen molar-refractivity contribution >= 4 is 33.5 Å². The largest absolute Gasteiger partial charge is 0.367 e. The molecule has 96 valence electrons. The highest BCUT2D eigenvalue weighted by atomic mass is 79.9. The zero-order chi connectivity index (χ0) is 12.8. The summed E-state index contributed by atoms with van der Waals surface area (Å²) < 4.78 is 0.842. The Morgan fingerprint density at radius 2 is 2.06 bits per heavy atom. The van der Waals surface area contributed by atoms with Gasteiger partial charge >= 0.3 is 0 Å². The zero-order valence-electron chi connectivity index (χ0n) is 10.8. The number of anilines is 1. The van der Waals surface area contributed by atoms with Crippen molar-refractivity contribution in [3.63, 3.8) is 0 Å². The van der Waals surface area contributed by atoms with Gasteiger partial charge in [0.15, 0.2) is 0 Å². The van der Waals surface area contributed by atoms with Crippen LogP contribution in [-0.2, 0) is 0 Å².